The number of benzene rings is 2. The molecular formula is C14H14BrFN2O2S. The number of halogens is 2. The standard InChI is InChI=1S/C14H14BrFN2O2S/c1-18(9-10-2-4-11(15)5-3-10)21(19,20)14-7-12(16)6-13(17)8-14/h2-8H,9,17H2,1H3. The molecule has 0 radical (unpaired) electrons. The number of sulfonamides is 1. The monoisotopic (exact) mass is 372 g/mol. The van der Waals surface area contributed by atoms with E-state index in [1.165, 1.54) is 13.1 Å². The van der Waals surface area contributed by atoms with Gasteiger partial charge in [0.2, 0.25) is 10.0 Å². The first kappa shape index (κ1) is 15.9. The van der Waals surface area contributed by atoms with Crippen LogP contribution in [-0.2, 0) is 16.6 Å². The molecular weight excluding hydrogens is 359 g/mol. The normalized spacial score (nSPS) is 11.8. The van der Waals surface area contributed by atoms with E-state index in [2.05, 4.69) is 15.9 Å². The fourth-order valence-electron chi connectivity index (χ4n) is 1.85. The van der Waals surface area contributed by atoms with E-state index >= 15 is 0 Å². The Hall–Kier alpha value is -1.44. The first-order chi connectivity index (χ1) is 9.79. The van der Waals surface area contributed by atoms with Crippen LogP contribution in [0.25, 0.3) is 0 Å². The largest absolute Gasteiger partial charge is 0.399 e. The number of hydrogen-bond acceptors (Lipinski definition) is 3. The van der Waals surface area contributed by atoms with Crippen molar-refractivity contribution in [2.45, 2.75) is 11.4 Å². The molecule has 0 spiro atoms. The third-order valence-corrected chi connectivity index (χ3v) is 5.23. The summed E-state index contributed by atoms with van der Waals surface area (Å²) in [4.78, 5) is -0.153. The van der Waals surface area contributed by atoms with Crippen LogP contribution in [0.15, 0.2) is 51.8 Å². The molecule has 0 heterocycles. The maximum absolute atomic E-state index is 13.3. The van der Waals surface area contributed by atoms with Gasteiger partial charge in [-0.15, -0.1) is 0 Å². The molecule has 0 fully saturated rings. The number of nitrogens with two attached hydrogens (primary N) is 1. The van der Waals surface area contributed by atoms with Crippen molar-refractivity contribution in [2.24, 2.45) is 0 Å². The Bertz CT molecular complexity index is 728. The lowest BCUT2D eigenvalue weighted by atomic mass is 10.2. The molecule has 2 aromatic rings. The molecule has 0 aliphatic rings. The van der Waals surface area contributed by atoms with Gasteiger partial charge in [-0.25, -0.2) is 12.8 Å². The Morgan fingerprint density at radius 1 is 1.19 bits per heavy atom. The first-order valence-electron chi connectivity index (χ1n) is 6.06. The minimum Gasteiger partial charge on any atom is -0.399 e. The highest BCUT2D eigenvalue weighted by molar-refractivity contribution is 9.10. The summed E-state index contributed by atoms with van der Waals surface area (Å²) in [5.74, 6) is -0.675. The first-order valence-corrected chi connectivity index (χ1v) is 8.29. The maximum Gasteiger partial charge on any atom is 0.243 e. The van der Waals surface area contributed by atoms with Crippen LogP contribution in [0.2, 0.25) is 0 Å². The van der Waals surface area contributed by atoms with Gasteiger partial charge in [-0.3, -0.25) is 0 Å². The maximum atomic E-state index is 13.3. The van der Waals surface area contributed by atoms with E-state index in [0.29, 0.717) is 0 Å². The summed E-state index contributed by atoms with van der Waals surface area (Å²) in [5.41, 5.74) is 6.40. The summed E-state index contributed by atoms with van der Waals surface area (Å²) >= 11 is 3.32. The van der Waals surface area contributed by atoms with Crippen LogP contribution in [0.5, 0.6) is 0 Å². The molecule has 0 unspecified atom stereocenters. The van der Waals surface area contributed by atoms with E-state index in [-0.39, 0.29) is 17.1 Å². The van der Waals surface area contributed by atoms with Crippen molar-refractivity contribution in [1.82, 2.24) is 4.31 Å². The van der Waals surface area contributed by atoms with E-state index in [1.807, 2.05) is 24.3 Å². The third kappa shape index (κ3) is 3.81. The zero-order chi connectivity index (χ0) is 15.6. The molecule has 2 aromatic carbocycles. The molecule has 21 heavy (non-hydrogen) atoms. The lowest BCUT2D eigenvalue weighted by molar-refractivity contribution is 0.466. The molecule has 2 N–H and O–H groups in total. The van der Waals surface area contributed by atoms with Gasteiger partial charge in [0.25, 0.3) is 0 Å². The highest BCUT2D eigenvalue weighted by atomic mass is 79.9. The predicted octanol–water partition coefficient (Wildman–Crippen LogP) is 2.99. The molecule has 0 saturated carbocycles. The minimum atomic E-state index is -3.79. The number of rotatable bonds is 4. The fourth-order valence-corrected chi connectivity index (χ4v) is 3.33. The fraction of sp³-hybridized carbons (Fsp3) is 0.143. The lowest BCUT2D eigenvalue weighted by Crippen LogP contribution is -2.26. The summed E-state index contributed by atoms with van der Waals surface area (Å²) in [6.45, 7) is 0.187. The molecule has 4 nitrogen and oxygen atoms in total. The van der Waals surface area contributed by atoms with E-state index in [0.717, 1.165) is 26.5 Å². The third-order valence-electron chi connectivity index (χ3n) is 2.92. The van der Waals surface area contributed by atoms with E-state index in [4.69, 9.17) is 5.73 Å². The summed E-state index contributed by atoms with van der Waals surface area (Å²) < 4.78 is 40.2. The van der Waals surface area contributed by atoms with Crippen LogP contribution < -0.4 is 5.73 Å². The molecule has 0 amide bonds. The molecule has 0 aliphatic carbocycles. The Morgan fingerprint density at radius 2 is 1.81 bits per heavy atom. The van der Waals surface area contributed by atoms with Crippen molar-refractivity contribution in [3.8, 4) is 0 Å². The van der Waals surface area contributed by atoms with Crippen molar-refractivity contribution >= 4 is 31.6 Å². The van der Waals surface area contributed by atoms with Gasteiger partial charge in [0, 0.05) is 23.8 Å². The summed E-state index contributed by atoms with van der Waals surface area (Å²) in [6, 6.07) is 10.6. The summed E-state index contributed by atoms with van der Waals surface area (Å²) in [5, 5.41) is 0. The van der Waals surface area contributed by atoms with Gasteiger partial charge in [0.1, 0.15) is 5.82 Å². The Morgan fingerprint density at radius 3 is 2.38 bits per heavy atom. The zero-order valence-electron chi connectivity index (χ0n) is 11.3. The number of anilines is 1. The molecule has 2 rings (SSSR count). The molecule has 7 heteroatoms. The molecule has 0 atom stereocenters. The van der Waals surface area contributed by atoms with Gasteiger partial charge in [0.05, 0.1) is 4.90 Å². The van der Waals surface area contributed by atoms with Crippen molar-refractivity contribution in [3.63, 3.8) is 0 Å². The molecule has 0 bridgehead atoms. The van der Waals surface area contributed by atoms with Crippen molar-refractivity contribution in [3.05, 3.63) is 58.3 Å². The van der Waals surface area contributed by atoms with Gasteiger partial charge < -0.3 is 5.73 Å². The molecule has 112 valence electrons. The smallest absolute Gasteiger partial charge is 0.243 e. The van der Waals surface area contributed by atoms with E-state index in [1.54, 1.807) is 0 Å². The van der Waals surface area contributed by atoms with E-state index in [9.17, 15) is 12.8 Å². The second-order valence-electron chi connectivity index (χ2n) is 4.61. The van der Waals surface area contributed by atoms with E-state index < -0.39 is 15.8 Å². The number of nitrogen functional groups attached to an aromatic ring is 1. The average Bonchev–Trinajstić information content (AvgIpc) is 2.40. The number of hydrogen-bond donors (Lipinski definition) is 1. The van der Waals surface area contributed by atoms with Crippen LogP contribution in [-0.4, -0.2) is 19.8 Å². The zero-order valence-corrected chi connectivity index (χ0v) is 13.7. The number of nitrogens with zero attached hydrogens (tertiary/aromatic N) is 1. The summed E-state index contributed by atoms with van der Waals surface area (Å²) in [6.07, 6.45) is 0. The van der Waals surface area contributed by atoms with Crippen LogP contribution >= 0.6 is 15.9 Å². The van der Waals surface area contributed by atoms with Crippen LogP contribution in [0.3, 0.4) is 0 Å². The van der Waals surface area contributed by atoms with Crippen molar-refractivity contribution < 1.29 is 12.8 Å². The summed E-state index contributed by atoms with van der Waals surface area (Å²) in [7, 11) is -2.35. The topological polar surface area (TPSA) is 63.4 Å². The van der Waals surface area contributed by atoms with Crippen LogP contribution in [0.4, 0.5) is 10.1 Å². The second-order valence-corrected chi connectivity index (χ2v) is 7.57. The van der Waals surface area contributed by atoms with Gasteiger partial charge in [0.15, 0.2) is 0 Å². The Labute approximate surface area is 131 Å². The minimum absolute atomic E-state index is 0.0746. The van der Waals surface area contributed by atoms with Crippen LogP contribution in [0.1, 0.15) is 5.56 Å². The lowest BCUT2D eigenvalue weighted by Gasteiger charge is -2.17. The predicted molar refractivity (Wildman–Crippen MR) is 83.6 cm³/mol. The van der Waals surface area contributed by atoms with Gasteiger partial charge in [-0.05, 0) is 35.9 Å². The van der Waals surface area contributed by atoms with Gasteiger partial charge >= 0.3 is 0 Å². The van der Waals surface area contributed by atoms with Crippen LogP contribution in [0, 0.1) is 5.82 Å². The quantitative estimate of drug-likeness (QED) is 0.839. The highest BCUT2D eigenvalue weighted by Gasteiger charge is 2.22. The van der Waals surface area contributed by atoms with Crippen molar-refractivity contribution in [1.29, 1.82) is 0 Å². The average molecular weight is 373 g/mol. The van der Waals surface area contributed by atoms with Gasteiger partial charge in [-0.1, -0.05) is 28.1 Å². The Balaban J connectivity index is 2.28. The van der Waals surface area contributed by atoms with Gasteiger partial charge in [-0.2, -0.15) is 4.31 Å². The molecule has 0 saturated heterocycles. The second kappa shape index (κ2) is 6.13. The van der Waals surface area contributed by atoms with Crippen molar-refractivity contribution in [2.75, 3.05) is 12.8 Å². The molecule has 0 aliphatic heterocycles. The SMILES string of the molecule is CN(Cc1ccc(Br)cc1)S(=O)(=O)c1cc(N)cc(F)c1. The molecule has 0 aromatic heterocycles. The Kier molecular flexibility index (Phi) is 4.65. The highest BCUT2D eigenvalue weighted by Crippen LogP contribution is 2.21.